The van der Waals surface area contributed by atoms with Crippen LogP contribution in [0.2, 0.25) is 0 Å². The molecule has 0 saturated carbocycles. The van der Waals surface area contributed by atoms with Gasteiger partial charge in [-0.15, -0.1) is 12.1 Å². The maximum atomic E-state index is 5.47. The van der Waals surface area contributed by atoms with E-state index in [1.165, 1.54) is 5.56 Å². The van der Waals surface area contributed by atoms with Crippen LogP contribution in [0, 0.1) is 50.0 Å². The zero-order valence-electron chi connectivity index (χ0n) is 8.42. The molecule has 0 aliphatic rings. The van der Waals surface area contributed by atoms with Gasteiger partial charge in [-0.1, -0.05) is 20.8 Å². The van der Waals surface area contributed by atoms with Crippen molar-refractivity contribution in [3.8, 4) is 5.75 Å². The zero-order chi connectivity index (χ0) is 8.97. The van der Waals surface area contributed by atoms with Crippen molar-refractivity contribution < 1.29 is 35.9 Å². The Balaban J connectivity index is 0.00000144. The summed E-state index contributed by atoms with van der Waals surface area (Å²) in [6, 6.07) is 9.00. The van der Waals surface area contributed by atoms with Crippen molar-refractivity contribution in [2.24, 2.45) is 5.92 Å². The summed E-state index contributed by atoms with van der Waals surface area (Å²) in [5.41, 5.74) is 1.21. The molecule has 0 aliphatic heterocycles. The molecule has 0 fully saturated rings. The van der Waals surface area contributed by atoms with Gasteiger partial charge in [0.05, 0.1) is 6.61 Å². The summed E-state index contributed by atoms with van der Waals surface area (Å²) in [5, 5.41) is 0. The molecular formula is C11H15OU-. The molecule has 0 atom stereocenters. The standard InChI is InChI=1S/C11H15O.U/c1-9(2)8-12-11-6-4-10(3)5-7-11;/h4-6,9H,8H2,1-3H3;/q-1;. The molecule has 0 N–H and O–H groups in total. The molecule has 0 saturated heterocycles. The van der Waals surface area contributed by atoms with E-state index in [4.69, 9.17) is 4.74 Å². The number of benzene rings is 1. The molecule has 0 unspecified atom stereocenters. The fourth-order valence-electron chi connectivity index (χ4n) is 0.835. The molecule has 1 aromatic carbocycles. The Morgan fingerprint density at radius 3 is 2.54 bits per heavy atom. The van der Waals surface area contributed by atoms with Gasteiger partial charge in [0, 0.05) is 36.9 Å². The minimum absolute atomic E-state index is 0. The quantitative estimate of drug-likeness (QED) is 0.708. The molecule has 1 aromatic rings. The van der Waals surface area contributed by atoms with Crippen molar-refractivity contribution in [1.82, 2.24) is 0 Å². The zero-order valence-corrected chi connectivity index (χ0v) is 12.6. The van der Waals surface area contributed by atoms with Gasteiger partial charge in [0.2, 0.25) is 0 Å². The van der Waals surface area contributed by atoms with Gasteiger partial charge in [-0.3, -0.25) is 0 Å². The summed E-state index contributed by atoms with van der Waals surface area (Å²) < 4.78 is 5.47. The van der Waals surface area contributed by atoms with E-state index in [-0.39, 0.29) is 31.1 Å². The van der Waals surface area contributed by atoms with Crippen LogP contribution in [0.4, 0.5) is 0 Å². The van der Waals surface area contributed by atoms with E-state index in [1.54, 1.807) is 0 Å². The molecule has 1 rings (SSSR count). The van der Waals surface area contributed by atoms with E-state index >= 15 is 0 Å². The minimum atomic E-state index is 0. The first-order valence-corrected chi connectivity index (χ1v) is 4.29. The molecule has 2 heteroatoms. The Hall–Kier alpha value is 0.0719. The number of ether oxygens (including phenoxy) is 1. The van der Waals surface area contributed by atoms with Gasteiger partial charge < -0.3 is 4.74 Å². The van der Waals surface area contributed by atoms with Gasteiger partial charge in [0.25, 0.3) is 0 Å². The van der Waals surface area contributed by atoms with Crippen molar-refractivity contribution in [2.45, 2.75) is 20.8 Å². The van der Waals surface area contributed by atoms with Crippen LogP contribution in [-0.4, -0.2) is 6.61 Å². The minimum Gasteiger partial charge on any atom is -0.519 e. The molecule has 0 bridgehead atoms. The summed E-state index contributed by atoms with van der Waals surface area (Å²) in [5.74, 6) is 1.41. The Morgan fingerprint density at radius 1 is 1.38 bits per heavy atom. The monoisotopic (exact) mass is 401 g/mol. The van der Waals surface area contributed by atoms with Crippen LogP contribution < -0.4 is 4.74 Å². The number of rotatable bonds is 3. The second-order valence-corrected chi connectivity index (χ2v) is 3.44. The van der Waals surface area contributed by atoms with Crippen LogP contribution in [0.5, 0.6) is 5.75 Å². The third kappa shape index (κ3) is 5.39. The van der Waals surface area contributed by atoms with Crippen molar-refractivity contribution >= 4 is 0 Å². The SMILES string of the molecule is Cc1c[c-]c(OCC(C)C)cc1.[U]. The first-order valence-electron chi connectivity index (χ1n) is 4.29. The third-order valence-electron chi connectivity index (χ3n) is 1.51. The maximum absolute atomic E-state index is 5.47. The van der Waals surface area contributed by atoms with Crippen LogP contribution >= 0.6 is 0 Å². The summed E-state index contributed by atoms with van der Waals surface area (Å²) >= 11 is 0. The topological polar surface area (TPSA) is 9.23 Å². The van der Waals surface area contributed by atoms with Gasteiger partial charge in [-0.05, 0) is 5.92 Å². The molecule has 0 spiro atoms. The van der Waals surface area contributed by atoms with E-state index < -0.39 is 0 Å². The fraction of sp³-hybridized carbons (Fsp3) is 0.455. The predicted octanol–water partition coefficient (Wildman–Crippen LogP) is 2.83. The normalized spacial score (nSPS) is 9.54. The maximum Gasteiger partial charge on any atom is 0.0873 e. The van der Waals surface area contributed by atoms with Crippen molar-refractivity contribution in [2.75, 3.05) is 6.61 Å². The molecule has 0 heterocycles. The van der Waals surface area contributed by atoms with Crippen LogP contribution in [0.15, 0.2) is 18.2 Å². The molecular weight excluding hydrogens is 386 g/mol. The van der Waals surface area contributed by atoms with Gasteiger partial charge in [0.15, 0.2) is 0 Å². The van der Waals surface area contributed by atoms with Gasteiger partial charge in [-0.2, -0.15) is 17.7 Å². The average molecular weight is 401 g/mol. The second-order valence-electron chi connectivity index (χ2n) is 3.44. The van der Waals surface area contributed by atoms with Crippen molar-refractivity contribution in [3.63, 3.8) is 0 Å². The molecule has 0 aliphatic carbocycles. The van der Waals surface area contributed by atoms with Crippen molar-refractivity contribution in [1.29, 1.82) is 0 Å². The van der Waals surface area contributed by atoms with Gasteiger partial charge >= 0.3 is 0 Å². The third-order valence-corrected chi connectivity index (χ3v) is 1.51. The number of aryl methyl sites for hydroxylation is 1. The molecule has 13 heavy (non-hydrogen) atoms. The summed E-state index contributed by atoms with van der Waals surface area (Å²) in [7, 11) is 0. The summed E-state index contributed by atoms with van der Waals surface area (Å²) in [6.07, 6.45) is 0. The molecule has 70 valence electrons. The first kappa shape index (κ1) is 13.1. The van der Waals surface area contributed by atoms with Gasteiger partial charge in [-0.25, -0.2) is 0 Å². The average Bonchev–Trinajstić information content (AvgIpc) is 2.03. The number of hydrogen-bond donors (Lipinski definition) is 0. The second kappa shape index (κ2) is 6.51. The van der Waals surface area contributed by atoms with E-state index in [9.17, 15) is 0 Å². The Bertz CT molecular complexity index is 228. The van der Waals surface area contributed by atoms with Crippen LogP contribution in [0.1, 0.15) is 19.4 Å². The first-order chi connectivity index (χ1) is 5.68. The fourth-order valence-corrected chi connectivity index (χ4v) is 0.835. The Labute approximate surface area is 104 Å². The summed E-state index contributed by atoms with van der Waals surface area (Å²) in [6.45, 7) is 7.07. The van der Waals surface area contributed by atoms with E-state index in [0.29, 0.717) is 5.92 Å². The van der Waals surface area contributed by atoms with E-state index in [2.05, 4.69) is 19.9 Å². The van der Waals surface area contributed by atoms with Crippen LogP contribution in [-0.2, 0) is 0 Å². The van der Waals surface area contributed by atoms with Crippen molar-refractivity contribution in [3.05, 3.63) is 29.8 Å². The molecule has 0 aromatic heterocycles. The number of hydrogen-bond acceptors (Lipinski definition) is 1. The molecule has 0 radical (unpaired) electrons. The predicted molar refractivity (Wildman–Crippen MR) is 50.3 cm³/mol. The van der Waals surface area contributed by atoms with Crippen LogP contribution in [0.25, 0.3) is 0 Å². The summed E-state index contributed by atoms with van der Waals surface area (Å²) in [4.78, 5) is 0. The Morgan fingerprint density at radius 2 is 2.08 bits per heavy atom. The smallest absolute Gasteiger partial charge is 0.0873 e. The molecule has 1 nitrogen and oxygen atoms in total. The van der Waals surface area contributed by atoms with Gasteiger partial charge in [0.1, 0.15) is 0 Å². The Kier molecular flexibility index (Phi) is 6.55. The molecule has 0 amide bonds. The largest absolute Gasteiger partial charge is 0.519 e. The van der Waals surface area contributed by atoms with E-state index in [1.807, 2.05) is 25.1 Å². The van der Waals surface area contributed by atoms with Crippen LogP contribution in [0.3, 0.4) is 0 Å². The van der Waals surface area contributed by atoms with E-state index in [0.717, 1.165) is 12.4 Å².